The number of hydrogen-bond acceptors (Lipinski definition) is 4. The highest BCUT2D eigenvalue weighted by atomic mass is 79.9. The van der Waals surface area contributed by atoms with Gasteiger partial charge < -0.3 is 10.3 Å². The van der Waals surface area contributed by atoms with Gasteiger partial charge in [-0.05, 0) is 55.0 Å². The van der Waals surface area contributed by atoms with Crippen molar-refractivity contribution in [2.75, 3.05) is 11.9 Å². The molecule has 1 unspecified atom stereocenters. The number of nitrogens with zero attached hydrogens (tertiary/aromatic N) is 2. The molecule has 1 aliphatic heterocycles. The van der Waals surface area contributed by atoms with Crippen LogP contribution in [-0.2, 0) is 12.8 Å². The van der Waals surface area contributed by atoms with Gasteiger partial charge in [-0.2, -0.15) is 0 Å². The second-order valence-corrected chi connectivity index (χ2v) is 10.1. The van der Waals surface area contributed by atoms with Crippen LogP contribution in [-0.4, -0.2) is 23.0 Å². The number of amides is 2. The molecule has 0 saturated heterocycles. The van der Waals surface area contributed by atoms with E-state index in [-0.39, 0.29) is 11.6 Å². The summed E-state index contributed by atoms with van der Waals surface area (Å²) in [6.45, 7) is 0. The predicted molar refractivity (Wildman–Crippen MR) is 127 cm³/mol. The number of aryl methyl sites for hydroxylation is 2. The van der Waals surface area contributed by atoms with Crippen LogP contribution in [0.2, 0.25) is 0 Å². The Kier molecular flexibility index (Phi) is 4.23. The van der Waals surface area contributed by atoms with E-state index in [1.165, 1.54) is 24.1 Å². The number of urea groups is 1. The van der Waals surface area contributed by atoms with E-state index < -0.39 is 6.04 Å². The molecule has 0 saturated carbocycles. The third-order valence-electron chi connectivity index (χ3n) is 6.31. The number of rotatable bonds is 1. The van der Waals surface area contributed by atoms with Crippen molar-refractivity contribution in [3.63, 3.8) is 0 Å². The van der Waals surface area contributed by atoms with Crippen molar-refractivity contribution in [1.82, 2.24) is 15.3 Å². The normalized spacial score (nSPS) is 18.2. The van der Waals surface area contributed by atoms with Crippen molar-refractivity contribution in [3.05, 3.63) is 67.5 Å². The minimum absolute atomic E-state index is 0.181. The van der Waals surface area contributed by atoms with E-state index >= 15 is 0 Å². The van der Waals surface area contributed by atoms with Crippen molar-refractivity contribution < 1.29 is 4.79 Å². The largest absolute Gasteiger partial charge is 0.326 e. The molecule has 6 nitrogen and oxygen atoms in total. The molecule has 31 heavy (non-hydrogen) atoms. The fraction of sp³-hybridized carbons (Fsp3) is 0.261. The lowest BCUT2D eigenvalue weighted by atomic mass is 9.94. The van der Waals surface area contributed by atoms with Crippen LogP contribution < -0.4 is 15.8 Å². The van der Waals surface area contributed by atoms with E-state index in [2.05, 4.69) is 32.3 Å². The van der Waals surface area contributed by atoms with Crippen molar-refractivity contribution in [1.29, 1.82) is 0 Å². The Morgan fingerprint density at radius 2 is 1.94 bits per heavy atom. The fourth-order valence-corrected chi connectivity index (χ4v) is 6.23. The molecule has 1 atom stereocenters. The molecule has 2 N–H and O–H groups in total. The molecule has 8 heteroatoms. The Hall–Kier alpha value is -2.71. The summed E-state index contributed by atoms with van der Waals surface area (Å²) in [7, 11) is 1.72. The lowest BCUT2D eigenvalue weighted by molar-refractivity contribution is 0.244. The summed E-state index contributed by atoms with van der Waals surface area (Å²) in [5, 5.41) is 3.96. The third-order valence-corrected chi connectivity index (χ3v) is 7.95. The number of benzene rings is 1. The number of carbonyl (C=O) groups is 1. The van der Waals surface area contributed by atoms with E-state index in [1.54, 1.807) is 23.3 Å². The van der Waals surface area contributed by atoms with Crippen LogP contribution in [0.5, 0.6) is 0 Å². The Labute approximate surface area is 190 Å². The Bertz CT molecular complexity index is 1440. The fourth-order valence-electron chi connectivity index (χ4n) is 4.74. The number of pyridine rings is 2. The zero-order valence-corrected chi connectivity index (χ0v) is 19.2. The summed E-state index contributed by atoms with van der Waals surface area (Å²) < 4.78 is 1.85. The molecule has 1 aromatic carbocycles. The second-order valence-electron chi connectivity index (χ2n) is 8.17. The smallest absolute Gasteiger partial charge is 0.322 e. The van der Waals surface area contributed by atoms with Crippen LogP contribution in [0.25, 0.3) is 20.4 Å². The number of hydrogen-bond donors (Lipinski definition) is 2. The minimum Gasteiger partial charge on any atom is -0.326 e. The Morgan fingerprint density at radius 3 is 2.74 bits per heavy atom. The number of aromatic amines is 1. The quantitative estimate of drug-likeness (QED) is 0.389. The SMILES string of the molecule is CN1C(=O)NC(c2ccc(Br)cc2)c2c1c1sc3nc4c(cc3c1[nH]c2=O)CCCC4. The molecule has 2 aliphatic rings. The van der Waals surface area contributed by atoms with Gasteiger partial charge in [0.2, 0.25) is 0 Å². The van der Waals surface area contributed by atoms with Crippen molar-refractivity contribution in [2.24, 2.45) is 0 Å². The van der Waals surface area contributed by atoms with Gasteiger partial charge in [-0.15, -0.1) is 11.3 Å². The number of anilines is 1. The van der Waals surface area contributed by atoms with Gasteiger partial charge in [-0.3, -0.25) is 9.69 Å². The van der Waals surface area contributed by atoms with Crippen LogP contribution >= 0.6 is 27.3 Å². The summed E-state index contributed by atoms with van der Waals surface area (Å²) in [6, 6.07) is 9.14. The molecule has 0 spiro atoms. The lowest BCUT2D eigenvalue weighted by Crippen LogP contribution is -2.47. The summed E-state index contributed by atoms with van der Waals surface area (Å²) in [5.41, 5.74) is 5.15. The first kappa shape index (κ1) is 19.0. The zero-order valence-electron chi connectivity index (χ0n) is 16.8. The number of nitrogens with one attached hydrogen (secondary N) is 2. The first-order chi connectivity index (χ1) is 15.0. The molecule has 0 fully saturated rings. The van der Waals surface area contributed by atoms with Gasteiger partial charge in [0.05, 0.1) is 27.5 Å². The van der Waals surface area contributed by atoms with Crippen LogP contribution in [0.4, 0.5) is 10.5 Å². The number of thiophene rings is 1. The number of fused-ring (bicyclic) bond motifs is 6. The maximum atomic E-state index is 13.4. The van der Waals surface area contributed by atoms with Crippen molar-refractivity contribution in [3.8, 4) is 0 Å². The maximum absolute atomic E-state index is 13.4. The first-order valence-corrected chi connectivity index (χ1v) is 11.9. The summed E-state index contributed by atoms with van der Waals surface area (Å²) in [5.74, 6) is 0. The predicted octanol–water partition coefficient (Wildman–Crippen LogP) is 5.03. The summed E-state index contributed by atoms with van der Waals surface area (Å²) in [4.78, 5) is 36.7. The number of aromatic nitrogens is 2. The molecule has 0 radical (unpaired) electrons. The molecule has 2 amide bonds. The monoisotopic (exact) mass is 494 g/mol. The molecule has 6 rings (SSSR count). The van der Waals surface area contributed by atoms with E-state index in [9.17, 15) is 9.59 Å². The lowest BCUT2D eigenvalue weighted by Gasteiger charge is -2.32. The average molecular weight is 495 g/mol. The van der Waals surface area contributed by atoms with Gasteiger partial charge in [-0.1, -0.05) is 28.1 Å². The van der Waals surface area contributed by atoms with Crippen molar-refractivity contribution in [2.45, 2.75) is 31.7 Å². The van der Waals surface area contributed by atoms with Gasteiger partial charge in [0, 0.05) is 22.6 Å². The van der Waals surface area contributed by atoms with E-state index in [0.29, 0.717) is 11.3 Å². The van der Waals surface area contributed by atoms with Gasteiger partial charge in [-0.25, -0.2) is 9.78 Å². The molecule has 0 bridgehead atoms. The van der Waals surface area contributed by atoms with Gasteiger partial charge in [0.1, 0.15) is 4.83 Å². The van der Waals surface area contributed by atoms with Crippen LogP contribution in [0, 0.1) is 0 Å². The molecule has 1 aliphatic carbocycles. The number of halogens is 1. The molecular formula is C23H19BrN4O2S. The average Bonchev–Trinajstić information content (AvgIpc) is 3.12. The Morgan fingerprint density at radius 1 is 1.16 bits per heavy atom. The highest BCUT2D eigenvalue weighted by molar-refractivity contribution is 9.10. The van der Waals surface area contributed by atoms with Crippen LogP contribution in [0.15, 0.2) is 39.6 Å². The highest BCUT2D eigenvalue weighted by Gasteiger charge is 2.35. The van der Waals surface area contributed by atoms with E-state index in [1.807, 2.05) is 24.3 Å². The molecule has 156 valence electrons. The topological polar surface area (TPSA) is 78.1 Å². The van der Waals surface area contributed by atoms with E-state index in [4.69, 9.17) is 4.98 Å². The zero-order chi connectivity index (χ0) is 21.3. The summed E-state index contributed by atoms with van der Waals surface area (Å²) >= 11 is 5.00. The molecule has 4 heterocycles. The minimum atomic E-state index is -0.508. The van der Waals surface area contributed by atoms with Crippen LogP contribution in [0.3, 0.4) is 0 Å². The Balaban J connectivity index is 1.65. The molecular weight excluding hydrogens is 476 g/mol. The number of H-pyrrole nitrogens is 1. The maximum Gasteiger partial charge on any atom is 0.322 e. The van der Waals surface area contributed by atoms with Crippen LogP contribution in [0.1, 0.15) is 41.3 Å². The third kappa shape index (κ3) is 2.85. The van der Waals surface area contributed by atoms with Gasteiger partial charge in [0.15, 0.2) is 0 Å². The molecule has 4 aromatic rings. The van der Waals surface area contributed by atoms with Gasteiger partial charge >= 0.3 is 6.03 Å². The first-order valence-electron chi connectivity index (χ1n) is 10.3. The molecule has 3 aromatic heterocycles. The van der Waals surface area contributed by atoms with Gasteiger partial charge in [0.25, 0.3) is 5.56 Å². The second kappa shape index (κ2) is 6.90. The highest BCUT2D eigenvalue weighted by Crippen LogP contribution is 2.43. The summed E-state index contributed by atoms with van der Waals surface area (Å²) in [6.07, 6.45) is 4.37. The number of carbonyl (C=O) groups excluding carboxylic acids is 1. The van der Waals surface area contributed by atoms with E-state index in [0.717, 1.165) is 43.3 Å². The van der Waals surface area contributed by atoms with Crippen molar-refractivity contribution >= 4 is 59.4 Å². The standard InChI is InChI=1S/C23H19BrN4O2S/c1-28-19-16(17(27-23(28)30)11-6-8-13(24)9-7-11)21(29)26-18-14-10-12-4-2-3-5-15(12)25-22(14)31-20(18)19/h6-10,17H,2-5H2,1H3,(H,26,29)(H,27,30).